The maximum absolute atomic E-state index is 11.9. The molecular weight excluding hydrogens is 212 g/mol. The summed E-state index contributed by atoms with van der Waals surface area (Å²) < 4.78 is 0. The van der Waals surface area contributed by atoms with Crippen LogP contribution in [0.4, 0.5) is 5.69 Å². The van der Waals surface area contributed by atoms with Crippen molar-refractivity contribution in [2.45, 2.75) is 38.6 Å². The number of carbonyl (C=O) groups excluding carboxylic acids is 1. The van der Waals surface area contributed by atoms with Crippen LogP contribution in [-0.4, -0.2) is 18.5 Å². The standard InChI is InChI=1S/C14H20N2O/c1-10(2)11-5-3-6-12(9-11)16-14(17)13-7-4-8-15-13/h3,5-6,9-10,13,15H,4,7-8H2,1-2H3,(H,16,17)/t13-/m1/s1. The molecule has 1 aromatic rings. The fourth-order valence-electron chi connectivity index (χ4n) is 2.11. The third-order valence-electron chi connectivity index (χ3n) is 3.20. The summed E-state index contributed by atoms with van der Waals surface area (Å²) in [5.74, 6) is 0.569. The molecule has 17 heavy (non-hydrogen) atoms. The molecule has 3 nitrogen and oxygen atoms in total. The molecule has 3 heteroatoms. The van der Waals surface area contributed by atoms with Crippen molar-refractivity contribution >= 4 is 11.6 Å². The van der Waals surface area contributed by atoms with Crippen molar-refractivity contribution in [3.8, 4) is 0 Å². The maximum Gasteiger partial charge on any atom is 0.241 e. The van der Waals surface area contributed by atoms with E-state index in [1.165, 1.54) is 5.56 Å². The van der Waals surface area contributed by atoms with Crippen molar-refractivity contribution in [2.75, 3.05) is 11.9 Å². The zero-order valence-electron chi connectivity index (χ0n) is 10.5. The number of nitrogens with one attached hydrogen (secondary N) is 2. The molecule has 1 aromatic carbocycles. The van der Waals surface area contributed by atoms with Crippen molar-refractivity contribution in [2.24, 2.45) is 0 Å². The molecule has 0 saturated carbocycles. The minimum absolute atomic E-state index is 0.0160. The van der Waals surface area contributed by atoms with Gasteiger partial charge in [0.2, 0.25) is 5.91 Å². The van der Waals surface area contributed by atoms with E-state index in [-0.39, 0.29) is 11.9 Å². The molecule has 1 atom stereocenters. The number of carbonyl (C=O) groups is 1. The number of hydrogen-bond acceptors (Lipinski definition) is 2. The Bertz CT molecular complexity index is 395. The maximum atomic E-state index is 11.9. The quantitative estimate of drug-likeness (QED) is 0.840. The van der Waals surface area contributed by atoms with Crippen molar-refractivity contribution in [3.63, 3.8) is 0 Å². The summed E-state index contributed by atoms with van der Waals surface area (Å²) >= 11 is 0. The van der Waals surface area contributed by atoms with Gasteiger partial charge in [-0.25, -0.2) is 0 Å². The molecule has 0 aromatic heterocycles. The van der Waals surface area contributed by atoms with Crippen LogP contribution < -0.4 is 10.6 Å². The van der Waals surface area contributed by atoms with E-state index in [9.17, 15) is 4.79 Å². The van der Waals surface area contributed by atoms with Crippen LogP contribution in [-0.2, 0) is 4.79 Å². The van der Waals surface area contributed by atoms with Crippen LogP contribution in [0, 0.1) is 0 Å². The predicted octanol–water partition coefficient (Wildman–Crippen LogP) is 2.50. The van der Waals surface area contributed by atoms with Crippen LogP contribution in [0.2, 0.25) is 0 Å². The Morgan fingerprint density at radius 1 is 1.47 bits per heavy atom. The van der Waals surface area contributed by atoms with Crippen LogP contribution in [0.1, 0.15) is 38.2 Å². The molecule has 0 unspecified atom stereocenters. The van der Waals surface area contributed by atoms with Gasteiger partial charge in [0.1, 0.15) is 0 Å². The van der Waals surface area contributed by atoms with Gasteiger partial charge in [-0.2, -0.15) is 0 Å². The summed E-state index contributed by atoms with van der Waals surface area (Å²) in [5, 5.41) is 6.18. The second-order valence-electron chi connectivity index (χ2n) is 4.92. The summed E-state index contributed by atoms with van der Waals surface area (Å²) in [6.07, 6.45) is 2.03. The highest BCUT2D eigenvalue weighted by atomic mass is 16.2. The lowest BCUT2D eigenvalue weighted by molar-refractivity contribution is -0.117. The minimum atomic E-state index is -0.0160. The number of benzene rings is 1. The van der Waals surface area contributed by atoms with Crippen molar-refractivity contribution in [1.29, 1.82) is 0 Å². The first-order valence-electron chi connectivity index (χ1n) is 6.31. The van der Waals surface area contributed by atoms with Crippen molar-refractivity contribution in [3.05, 3.63) is 29.8 Å². The highest BCUT2D eigenvalue weighted by Crippen LogP contribution is 2.19. The van der Waals surface area contributed by atoms with Gasteiger partial charge in [0.15, 0.2) is 0 Å². The Morgan fingerprint density at radius 2 is 2.29 bits per heavy atom. The number of rotatable bonds is 3. The number of amides is 1. The monoisotopic (exact) mass is 232 g/mol. The molecule has 0 aliphatic carbocycles. The zero-order chi connectivity index (χ0) is 12.3. The molecule has 1 aliphatic rings. The molecule has 92 valence electrons. The molecule has 1 amide bonds. The normalized spacial score (nSPS) is 19.6. The van der Waals surface area contributed by atoms with Gasteiger partial charge >= 0.3 is 0 Å². The van der Waals surface area contributed by atoms with Gasteiger partial charge in [-0.05, 0) is 43.0 Å². The van der Waals surface area contributed by atoms with E-state index in [1.807, 2.05) is 12.1 Å². The Morgan fingerprint density at radius 3 is 2.94 bits per heavy atom. The molecular formula is C14H20N2O. The predicted molar refractivity (Wildman–Crippen MR) is 70.2 cm³/mol. The van der Waals surface area contributed by atoms with E-state index < -0.39 is 0 Å². The summed E-state index contributed by atoms with van der Waals surface area (Å²) in [4.78, 5) is 11.9. The summed E-state index contributed by atoms with van der Waals surface area (Å²) in [7, 11) is 0. The van der Waals surface area contributed by atoms with Gasteiger partial charge in [-0.3, -0.25) is 4.79 Å². The van der Waals surface area contributed by atoms with Gasteiger partial charge in [-0.15, -0.1) is 0 Å². The van der Waals surface area contributed by atoms with Gasteiger partial charge in [0.25, 0.3) is 0 Å². The van der Waals surface area contributed by atoms with E-state index in [0.717, 1.165) is 25.1 Å². The third kappa shape index (κ3) is 3.07. The Kier molecular flexibility index (Phi) is 3.79. The Hall–Kier alpha value is -1.35. The summed E-state index contributed by atoms with van der Waals surface area (Å²) in [6, 6.07) is 8.06. The molecule has 1 fully saturated rings. The molecule has 1 aliphatic heterocycles. The van der Waals surface area contributed by atoms with E-state index in [2.05, 4.69) is 36.6 Å². The van der Waals surface area contributed by atoms with Gasteiger partial charge < -0.3 is 10.6 Å². The molecule has 1 saturated heterocycles. The zero-order valence-corrected chi connectivity index (χ0v) is 10.5. The fraction of sp³-hybridized carbons (Fsp3) is 0.500. The lowest BCUT2D eigenvalue weighted by atomic mass is 10.0. The molecule has 2 rings (SSSR count). The summed E-state index contributed by atoms with van der Waals surface area (Å²) in [5.41, 5.74) is 2.15. The second-order valence-corrected chi connectivity index (χ2v) is 4.92. The lowest BCUT2D eigenvalue weighted by Crippen LogP contribution is -2.35. The van der Waals surface area contributed by atoms with Crippen LogP contribution in [0.25, 0.3) is 0 Å². The lowest BCUT2D eigenvalue weighted by Gasteiger charge is -2.13. The largest absolute Gasteiger partial charge is 0.325 e. The van der Waals surface area contributed by atoms with Crippen LogP contribution >= 0.6 is 0 Å². The Balaban J connectivity index is 2.02. The second kappa shape index (κ2) is 5.32. The van der Waals surface area contributed by atoms with E-state index in [4.69, 9.17) is 0 Å². The third-order valence-corrected chi connectivity index (χ3v) is 3.20. The van der Waals surface area contributed by atoms with Crippen LogP contribution in [0.15, 0.2) is 24.3 Å². The first-order chi connectivity index (χ1) is 8.16. The van der Waals surface area contributed by atoms with E-state index in [1.54, 1.807) is 0 Å². The minimum Gasteiger partial charge on any atom is -0.325 e. The molecule has 2 N–H and O–H groups in total. The molecule has 0 bridgehead atoms. The first-order valence-corrected chi connectivity index (χ1v) is 6.31. The smallest absolute Gasteiger partial charge is 0.241 e. The van der Waals surface area contributed by atoms with E-state index >= 15 is 0 Å². The van der Waals surface area contributed by atoms with Crippen LogP contribution in [0.5, 0.6) is 0 Å². The Labute approximate surface area is 103 Å². The molecule has 1 heterocycles. The average Bonchev–Trinajstić information content (AvgIpc) is 2.82. The molecule has 0 spiro atoms. The van der Waals surface area contributed by atoms with Gasteiger partial charge in [0.05, 0.1) is 6.04 Å². The topological polar surface area (TPSA) is 41.1 Å². The van der Waals surface area contributed by atoms with Gasteiger partial charge in [0, 0.05) is 5.69 Å². The SMILES string of the molecule is CC(C)c1cccc(NC(=O)[C@H]2CCCN2)c1. The van der Waals surface area contributed by atoms with Crippen molar-refractivity contribution in [1.82, 2.24) is 5.32 Å². The molecule has 0 radical (unpaired) electrons. The van der Waals surface area contributed by atoms with Crippen LogP contribution in [0.3, 0.4) is 0 Å². The number of anilines is 1. The highest BCUT2D eigenvalue weighted by Gasteiger charge is 2.21. The van der Waals surface area contributed by atoms with E-state index in [0.29, 0.717) is 5.92 Å². The summed E-state index contributed by atoms with van der Waals surface area (Å²) in [6.45, 7) is 5.25. The average molecular weight is 232 g/mol. The number of hydrogen-bond donors (Lipinski definition) is 2. The van der Waals surface area contributed by atoms with Gasteiger partial charge in [-0.1, -0.05) is 26.0 Å². The fourth-order valence-corrected chi connectivity index (χ4v) is 2.11. The first kappa shape index (κ1) is 12.1. The van der Waals surface area contributed by atoms with Crippen molar-refractivity contribution < 1.29 is 4.79 Å². The highest BCUT2D eigenvalue weighted by molar-refractivity contribution is 5.95.